The molecule has 0 aromatic heterocycles. The lowest BCUT2D eigenvalue weighted by molar-refractivity contribution is 0.127. The van der Waals surface area contributed by atoms with Crippen LogP contribution in [0.2, 0.25) is 0 Å². The molecule has 2 saturated heterocycles. The van der Waals surface area contributed by atoms with E-state index in [-0.39, 0.29) is 0 Å². The van der Waals surface area contributed by atoms with Crippen molar-refractivity contribution in [3.8, 4) is 0 Å². The van der Waals surface area contributed by atoms with Crippen molar-refractivity contribution in [2.24, 2.45) is 5.92 Å². The molecule has 0 amide bonds. The average Bonchev–Trinajstić information content (AvgIpc) is 3.04. The van der Waals surface area contributed by atoms with Crippen LogP contribution in [0.4, 0.5) is 0 Å². The first-order valence-corrected chi connectivity index (χ1v) is 10.2. The molecule has 0 saturated carbocycles. The van der Waals surface area contributed by atoms with Crippen molar-refractivity contribution in [2.45, 2.75) is 62.4 Å². The van der Waals surface area contributed by atoms with Gasteiger partial charge in [-0.05, 0) is 56.7 Å². The summed E-state index contributed by atoms with van der Waals surface area (Å²) in [6, 6.07) is 9.00. The van der Waals surface area contributed by atoms with Crippen LogP contribution in [0.25, 0.3) is 0 Å². The molecule has 23 heavy (non-hydrogen) atoms. The van der Waals surface area contributed by atoms with Gasteiger partial charge < -0.3 is 0 Å². The minimum atomic E-state index is -3.40. The van der Waals surface area contributed by atoms with Crippen LogP contribution in [0, 0.1) is 5.92 Å². The van der Waals surface area contributed by atoms with Crippen molar-refractivity contribution in [1.82, 2.24) is 9.62 Å². The quantitative estimate of drug-likeness (QED) is 0.869. The number of sulfonamides is 1. The molecule has 0 aliphatic carbocycles. The van der Waals surface area contributed by atoms with Gasteiger partial charge in [-0.15, -0.1) is 0 Å². The molecule has 4 nitrogen and oxygen atoms in total. The van der Waals surface area contributed by atoms with E-state index in [9.17, 15) is 8.42 Å². The van der Waals surface area contributed by atoms with Crippen molar-refractivity contribution in [1.29, 1.82) is 0 Å². The van der Waals surface area contributed by atoms with Gasteiger partial charge in [0, 0.05) is 18.1 Å². The Bertz CT molecular complexity index is 630. The molecule has 2 heterocycles. The van der Waals surface area contributed by atoms with Crippen LogP contribution >= 0.6 is 0 Å². The zero-order valence-electron chi connectivity index (χ0n) is 14.2. The fraction of sp³-hybridized carbons (Fsp3) is 0.667. The van der Waals surface area contributed by atoms with Gasteiger partial charge in [-0.2, -0.15) is 0 Å². The van der Waals surface area contributed by atoms with E-state index in [1.807, 2.05) is 6.07 Å². The van der Waals surface area contributed by atoms with E-state index in [0.717, 1.165) is 13.0 Å². The summed E-state index contributed by atoms with van der Waals surface area (Å²) in [7, 11) is -3.40. The van der Waals surface area contributed by atoms with Crippen LogP contribution in [0.5, 0.6) is 0 Å². The summed E-state index contributed by atoms with van der Waals surface area (Å²) in [5, 5.41) is 0. The largest absolute Gasteiger partial charge is 0.293 e. The average molecular weight is 337 g/mol. The predicted molar refractivity (Wildman–Crippen MR) is 92.8 cm³/mol. The minimum Gasteiger partial charge on any atom is -0.293 e. The van der Waals surface area contributed by atoms with Crippen LogP contribution in [-0.4, -0.2) is 38.0 Å². The van der Waals surface area contributed by atoms with Crippen LogP contribution in [-0.2, 0) is 10.0 Å². The van der Waals surface area contributed by atoms with Crippen LogP contribution in [0.15, 0.2) is 35.2 Å². The lowest BCUT2D eigenvalue weighted by Crippen LogP contribution is -2.47. The molecule has 0 bridgehead atoms. The van der Waals surface area contributed by atoms with Gasteiger partial charge in [0.2, 0.25) is 10.0 Å². The van der Waals surface area contributed by atoms with E-state index < -0.39 is 10.0 Å². The van der Waals surface area contributed by atoms with Gasteiger partial charge >= 0.3 is 0 Å². The van der Waals surface area contributed by atoms with Crippen molar-refractivity contribution < 1.29 is 8.42 Å². The van der Waals surface area contributed by atoms with Crippen LogP contribution < -0.4 is 4.72 Å². The highest BCUT2D eigenvalue weighted by Gasteiger charge is 2.48. The highest BCUT2D eigenvalue weighted by molar-refractivity contribution is 7.89. The standard InChI is InChI=1S/C18H28N2O2S/c1-15(2)13-18-10-6-12-20(18)16(9-11-18)14-19-23(21,22)17-7-4-3-5-8-17/h3-5,7-8,15-16,19H,6,9-14H2,1-2H3/t16-,18-/m1/s1. The van der Waals surface area contributed by atoms with Gasteiger partial charge in [0.05, 0.1) is 4.90 Å². The highest BCUT2D eigenvalue weighted by atomic mass is 32.2. The second kappa shape index (κ2) is 6.54. The third-order valence-corrected chi connectivity index (χ3v) is 6.82. The maximum Gasteiger partial charge on any atom is 0.240 e. The molecular formula is C18H28N2O2S. The number of hydrogen-bond acceptors (Lipinski definition) is 3. The van der Waals surface area contributed by atoms with Crippen molar-refractivity contribution in [2.75, 3.05) is 13.1 Å². The van der Waals surface area contributed by atoms with Gasteiger partial charge in [0.25, 0.3) is 0 Å². The molecule has 2 atom stereocenters. The molecule has 2 aliphatic heterocycles. The highest BCUT2D eigenvalue weighted by Crippen LogP contribution is 2.45. The van der Waals surface area contributed by atoms with Crippen LogP contribution in [0.3, 0.4) is 0 Å². The maximum absolute atomic E-state index is 12.4. The van der Waals surface area contributed by atoms with E-state index in [4.69, 9.17) is 0 Å². The fourth-order valence-electron chi connectivity index (χ4n) is 4.57. The zero-order valence-corrected chi connectivity index (χ0v) is 15.0. The second-order valence-corrected chi connectivity index (χ2v) is 9.24. The molecule has 0 spiro atoms. The Morgan fingerprint density at radius 1 is 1.26 bits per heavy atom. The Morgan fingerprint density at radius 2 is 2.00 bits per heavy atom. The summed E-state index contributed by atoms with van der Waals surface area (Å²) < 4.78 is 27.6. The van der Waals surface area contributed by atoms with Gasteiger partial charge in [-0.1, -0.05) is 32.0 Å². The Hall–Kier alpha value is -0.910. The third kappa shape index (κ3) is 3.47. The normalized spacial score (nSPS) is 28.4. The summed E-state index contributed by atoms with van der Waals surface area (Å²) in [4.78, 5) is 2.95. The molecule has 0 unspecified atom stereocenters. The van der Waals surface area contributed by atoms with Crippen molar-refractivity contribution in [3.63, 3.8) is 0 Å². The zero-order chi connectivity index (χ0) is 16.5. The summed E-state index contributed by atoms with van der Waals surface area (Å²) in [5.74, 6) is 0.690. The number of nitrogens with zero attached hydrogens (tertiary/aromatic N) is 1. The topological polar surface area (TPSA) is 49.4 Å². The molecule has 5 heteroatoms. The first-order valence-electron chi connectivity index (χ1n) is 8.74. The number of benzene rings is 1. The fourth-order valence-corrected chi connectivity index (χ4v) is 5.67. The van der Waals surface area contributed by atoms with Crippen molar-refractivity contribution >= 4 is 10.0 Å². The Balaban J connectivity index is 1.66. The molecular weight excluding hydrogens is 308 g/mol. The number of fused-ring (bicyclic) bond motifs is 1. The summed E-state index contributed by atoms with van der Waals surface area (Å²) in [6.07, 6.45) is 6.06. The SMILES string of the molecule is CC(C)C[C@]12CCCN1[C@@H](CNS(=O)(=O)c1ccccc1)CC2. The Morgan fingerprint density at radius 3 is 2.70 bits per heavy atom. The lowest BCUT2D eigenvalue weighted by Gasteiger charge is -2.36. The molecule has 2 fully saturated rings. The number of nitrogens with one attached hydrogen (secondary N) is 1. The molecule has 2 aliphatic rings. The molecule has 1 N–H and O–H groups in total. The first kappa shape index (κ1) is 16.9. The Kier molecular flexibility index (Phi) is 4.81. The summed E-state index contributed by atoms with van der Waals surface area (Å²) in [6.45, 7) is 6.22. The van der Waals surface area contributed by atoms with Crippen LogP contribution in [0.1, 0.15) is 46.0 Å². The smallest absolute Gasteiger partial charge is 0.240 e. The minimum absolute atomic E-state index is 0.330. The molecule has 1 aromatic rings. The van der Waals surface area contributed by atoms with E-state index >= 15 is 0 Å². The molecule has 1 aromatic carbocycles. The summed E-state index contributed by atoms with van der Waals surface area (Å²) >= 11 is 0. The van der Waals surface area contributed by atoms with Gasteiger partial charge in [0.1, 0.15) is 0 Å². The van der Waals surface area contributed by atoms with E-state index in [1.165, 1.54) is 25.7 Å². The van der Waals surface area contributed by atoms with Gasteiger partial charge in [0.15, 0.2) is 0 Å². The van der Waals surface area contributed by atoms with Gasteiger partial charge in [-0.3, -0.25) is 4.90 Å². The molecule has 128 valence electrons. The predicted octanol–water partition coefficient (Wildman–Crippen LogP) is 3.01. The first-order chi connectivity index (χ1) is 10.9. The Labute approximate surface area is 140 Å². The van der Waals surface area contributed by atoms with Gasteiger partial charge in [-0.25, -0.2) is 13.1 Å². The molecule has 0 radical (unpaired) electrons. The second-order valence-electron chi connectivity index (χ2n) is 7.48. The molecule has 3 rings (SSSR count). The van der Waals surface area contributed by atoms with Crippen molar-refractivity contribution in [3.05, 3.63) is 30.3 Å². The lowest BCUT2D eigenvalue weighted by atomic mass is 9.85. The number of hydrogen-bond donors (Lipinski definition) is 1. The summed E-state index contributed by atoms with van der Waals surface area (Å²) in [5.41, 5.74) is 0.330. The third-order valence-electron chi connectivity index (χ3n) is 5.38. The van der Waals surface area contributed by atoms with E-state index in [0.29, 0.717) is 28.9 Å². The maximum atomic E-state index is 12.4. The van der Waals surface area contributed by atoms with E-state index in [1.54, 1.807) is 24.3 Å². The monoisotopic (exact) mass is 336 g/mol. The number of rotatable bonds is 6. The van der Waals surface area contributed by atoms with E-state index in [2.05, 4.69) is 23.5 Å².